The molecular formula is C8H10BF4N3S. The van der Waals surface area contributed by atoms with Gasteiger partial charge in [0.2, 0.25) is 4.83 Å². The summed E-state index contributed by atoms with van der Waals surface area (Å²) in [5.41, 5.74) is 2.13. The molecule has 0 aliphatic heterocycles. The van der Waals surface area contributed by atoms with Crippen LogP contribution < -0.4 is 4.98 Å². The second-order valence-electron chi connectivity index (χ2n) is 3.37. The van der Waals surface area contributed by atoms with E-state index >= 15 is 0 Å². The van der Waals surface area contributed by atoms with Crippen LogP contribution in [0.5, 0.6) is 0 Å². The van der Waals surface area contributed by atoms with E-state index in [1.807, 2.05) is 20.8 Å². The van der Waals surface area contributed by atoms with E-state index in [2.05, 4.69) is 14.3 Å². The molecule has 2 rings (SSSR count). The molecule has 0 aromatic carbocycles. The van der Waals surface area contributed by atoms with Gasteiger partial charge in [0.15, 0.2) is 5.69 Å². The Morgan fingerprint density at radius 3 is 2.12 bits per heavy atom. The lowest BCUT2D eigenvalue weighted by molar-refractivity contribution is -0.357. The highest BCUT2D eigenvalue weighted by Gasteiger charge is 2.20. The van der Waals surface area contributed by atoms with Crippen molar-refractivity contribution in [3.8, 4) is 0 Å². The summed E-state index contributed by atoms with van der Waals surface area (Å²) in [6, 6.07) is 0. The molecule has 94 valence electrons. The molecule has 1 N–H and O–H groups in total. The van der Waals surface area contributed by atoms with Gasteiger partial charge in [0.1, 0.15) is 5.39 Å². The monoisotopic (exact) mass is 267 g/mol. The fraction of sp³-hybridized carbons (Fsp3) is 0.375. The van der Waals surface area contributed by atoms with Gasteiger partial charge >= 0.3 is 7.25 Å². The largest absolute Gasteiger partial charge is 0.673 e. The molecule has 0 aliphatic carbocycles. The van der Waals surface area contributed by atoms with E-state index < -0.39 is 7.25 Å². The van der Waals surface area contributed by atoms with Gasteiger partial charge in [-0.2, -0.15) is 4.37 Å². The molecular weight excluding hydrogens is 257 g/mol. The van der Waals surface area contributed by atoms with E-state index in [0.29, 0.717) is 0 Å². The smallest absolute Gasteiger partial charge is 0.418 e. The fourth-order valence-electron chi connectivity index (χ4n) is 1.38. The maximum Gasteiger partial charge on any atom is 0.673 e. The summed E-state index contributed by atoms with van der Waals surface area (Å²) in [4.78, 5) is 8.66. The highest BCUT2D eigenvalue weighted by molar-refractivity contribution is 7.12. The molecule has 0 atom stereocenters. The molecule has 3 nitrogen and oxygen atoms in total. The van der Waals surface area contributed by atoms with Crippen LogP contribution in [-0.2, 0) is 0 Å². The van der Waals surface area contributed by atoms with Crippen LogP contribution in [0.2, 0.25) is 0 Å². The van der Waals surface area contributed by atoms with E-state index in [1.165, 1.54) is 16.9 Å². The third-order valence-electron chi connectivity index (χ3n) is 1.85. The first kappa shape index (κ1) is 13.8. The Hall–Kier alpha value is -1.25. The summed E-state index contributed by atoms with van der Waals surface area (Å²) in [5.74, 6) is 0.948. The molecule has 2 aromatic heterocycles. The van der Waals surface area contributed by atoms with Crippen LogP contribution in [0.25, 0.3) is 10.2 Å². The van der Waals surface area contributed by atoms with Gasteiger partial charge in [-0.05, 0) is 6.92 Å². The van der Waals surface area contributed by atoms with Crippen molar-refractivity contribution < 1.29 is 22.2 Å². The molecule has 0 saturated carbocycles. The number of aryl methyl sites for hydroxylation is 3. The Bertz CT molecular complexity index is 519. The third-order valence-corrected chi connectivity index (χ3v) is 2.71. The summed E-state index contributed by atoms with van der Waals surface area (Å²) in [7, 11) is -6.00. The molecule has 2 aromatic rings. The van der Waals surface area contributed by atoms with Crippen LogP contribution >= 0.6 is 11.5 Å². The Morgan fingerprint density at radius 1 is 1.06 bits per heavy atom. The number of aromatic amines is 1. The van der Waals surface area contributed by atoms with Crippen LogP contribution in [0.1, 0.15) is 17.2 Å². The lowest BCUT2D eigenvalue weighted by Crippen LogP contribution is -2.10. The number of rotatable bonds is 0. The first-order valence-corrected chi connectivity index (χ1v) is 5.45. The summed E-state index contributed by atoms with van der Waals surface area (Å²) >= 11 is 1.50. The number of hydrogen-bond acceptors (Lipinski definition) is 3. The number of halogens is 4. The van der Waals surface area contributed by atoms with Crippen molar-refractivity contribution in [3.05, 3.63) is 17.2 Å². The van der Waals surface area contributed by atoms with Crippen molar-refractivity contribution in [2.75, 3.05) is 0 Å². The van der Waals surface area contributed by atoms with Crippen LogP contribution in [0, 0.1) is 20.8 Å². The van der Waals surface area contributed by atoms with Gasteiger partial charge in [0, 0.05) is 25.4 Å². The van der Waals surface area contributed by atoms with E-state index in [0.717, 1.165) is 22.0 Å². The molecule has 0 unspecified atom stereocenters. The Labute approximate surface area is 99.2 Å². The minimum Gasteiger partial charge on any atom is -0.418 e. The number of hydrogen-bond donors (Lipinski definition) is 0. The number of nitrogens with zero attached hydrogens (tertiary/aromatic N) is 2. The maximum atomic E-state index is 9.75. The molecule has 0 aliphatic rings. The molecule has 0 bridgehead atoms. The lowest BCUT2D eigenvalue weighted by atomic mass is 10.2. The number of fused-ring (bicyclic) bond motifs is 1. The molecule has 0 spiro atoms. The van der Waals surface area contributed by atoms with E-state index in [4.69, 9.17) is 0 Å². The standard InChI is InChI=1S/C8H9N3S.BF4/c1-4-7-5(2)11-12-8(7)10-6(3)9-4;2-1(3,4)5/h1-3H3;/q;-1/p+1. The number of H-pyrrole nitrogens is 1. The van der Waals surface area contributed by atoms with E-state index in [9.17, 15) is 17.3 Å². The minimum absolute atomic E-state index is 0.948. The van der Waals surface area contributed by atoms with E-state index in [1.54, 1.807) is 0 Å². The van der Waals surface area contributed by atoms with Crippen molar-refractivity contribution in [1.29, 1.82) is 0 Å². The maximum absolute atomic E-state index is 9.75. The fourth-order valence-corrected chi connectivity index (χ4v) is 2.28. The van der Waals surface area contributed by atoms with Crippen LogP contribution in [-0.4, -0.2) is 16.6 Å². The highest BCUT2D eigenvalue weighted by Crippen LogP contribution is 2.19. The SMILES string of the molecule is Cc1nc(C)c2c(C)nsc2[nH+]1.F[B-](F)(F)F. The second-order valence-corrected chi connectivity index (χ2v) is 4.15. The molecule has 2 heterocycles. The summed E-state index contributed by atoms with van der Waals surface area (Å²) in [6.45, 7) is 5.99. The average Bonchev–Trinajstić information content (AvgIpc) is 2.43. The highest BCUT2D eigenvalue weighted by atomic mass is 32.1. The van der Waals surface area contributed by atoms with Crippen molar-refractivity contribution in [1.82, 2.24) is 9.36 Å². The minimum atomic E-state index is -6.00. The van der Waals surface area contributed by atoms with E-state index in [-0.39, 0.29) is 0 Å². The van der Waals surface area contributed by atoms with Crippen LogP contribution in [0.3, 0.4) is 0 Å². The average molecular weight is 267 g/mol. The Kier molecular flexibility index (Phi) is 4.02. The molecule has 9 heteroatoms. The zero-order chi connectivity index (χ0) is 13.2. The molecule has 0 radical (unpaired) electrons. The van der Waals surface area contributed by atoms with Gasteiger partial charge in [0.25, 0.3) is 5.82 Å². The van der Waals surface area contributed by atoms with Crippen molar-refractivity contribution in [2.24, 2.45) is 0 Å². The Morgan fingerprint density at radius 2 is 1.59 bits per heavy atom. The lowest BCUT2D eigenvalue weighted by Gasteiger charge is -1.94. The number of aromatic nitrogens is 3. The van der Waals surface area contributed by atoms with Crippen molar-refractivity contribution in [3.63, 3.8) is 0 Å². The first-order valence-electron chi connectivity index (χ1n) is 4.68. The summed E-state index contributed by atoms with van der Waals surface area (Å²) in [5, 5.41) is 1.17. The summed E-state index contributed by atoms with van der Waals surface area (Å²) in [6.07, 6.45) is 0. The Balaban J connectivity index is 0.000000249. The number of nitrogens with one attached hydrogen (secondary N) is 1. The quantitative estimate of drug-likeness (QED) is 0.544. The van der Waals surface area contributed by atoms with Crippen molar-refractivity contribution in [2.45, 2.75) is 20.8 Å². The van der Waals surface area contributed by atoms with Gasteiger partial charge in [0.05, 0.1) is 5.69 Å². The second kappa shape index (κ2) is 4.95. The topological polar surface area (TPSA) is 39.9 Å². The first-order chi connectivity index (χ1) is 7.68. The van der Waals surface area contributed by atoms with Gasteiger partial charge in [-0.1, -0.05) is 4.98 Å². The van der Waals surface area contributed by atoms with Crippen LogP contribution in [0.15, 0.2) is 0 Å². The molecule has 0 saturated heterocycles. The van der Waals surface area contributed by atoms with Crippen LogP contribution in [0.4, 0.5) is 17.3 Å². The predicted octanol–water partition coefficient (Wildman–Crippen LogP) is 2.73. The van der Waals surface area contributed by atoms with Crippen molar-refractivity contribution >= 4 is 29.0 Å². The summed E-state index contributed by atoms with van der Waals surface area (Å²) < 4.78 is 43.3. The zero-order valence-corrected chi connectivity index (χ0v) is 10.2. The molecule has 0 amide bonds. The van der Waals surface area contributed by atoms with Gasteiger partial charge < -0.3 is 17.3 Å². The molecule has 0 fully saturated rings. The predicted molar refractivity (Wildman–Crippen MR) is 58.4 cm³/mol. The zero-order valence-electron chi connectivity index (χ0n) is 9.39. The normalized spacial score (nSPS) is 11.2. The molecule has 17 heavy (non-hydrogen) atoms. The van der Waals surface area contributed by atoms with Gasteiger partial charge in [-0.25, -0.2) is 4.98 Å². The van der Waals surface area contributed by atoms with Gasteiger partial charge in [-0.15, -0.1) is 0 Å². The van der Waals surface area contributed by atoms with Gasteiger partial charge in [-0.3, -0.25) is 0 Å². The third kappa shape index (κ3) is 4.25.